The molecule has 5 heteroatoms. The number of pyridine rings is 1. The number of carboxylic acids is 1. The number of carbonyl (C=O) groups is 1. The number of halogens is 1. The van der Waals surface area contributed by atoms with Gasteiger partial charge >= 0.3 is 5.97 Å². The first-order valence-corrected chi connectivity index (χ1v) is 5.81. The quantitative estimate of drug-likeness (QED) is 0.864. The van der Waals surface area contributed by atoms with Gasteiger partial charge in [-0.3, -0.25) is 0 Å². The maximum absolute atomic E-state index is 11.0. The second-order valence-corrected chi connectivity index (χ2v) is 5.22. The van der Waals surface area contributed by atoms with Crippen molar-refractivity contribution in [2.45, 2.75) is 19.8 Å². The van der Waals surface area contributed by atoms with Gasteiger partial charge in [0.1, 0.15) is 10.2 Å². The number of hydrogen-bond acceptors (Lipinski definition) is 3. The van der Waals surface area contributed by atoms with Crippen LogP contribution in [0.1, 0.15) is 30.1 Å². The molecule has 0 bridgehead atoms. The summed E-state index contributed by atoms with van der Waals surface area (Å²) in [6.45, 7) is 2.68. The predicted octanol–water partition coefficient (Wildman–Crippen LogP) is 2.72. The summed E-state index contributed by atoms with van der Waals surface area (Å²) < 4.78 is 6.01. The van der Waals surface area contributed by atoms with E-state index in [-0.39, 0.29) is 11.0 Å². The second-order valence-electron chi connectivity index (χ2n) is 4.41. The van der Waals surface area contributed by atoms with Crippen LogP contribution >= 0.6 is 15.9 Å². The fourth-order valence-electron chi connectivity index (χ4n) is 1.31. The Labute approximate surface area is 102 Å². The van der Waals surface area contributed by atoms with Crippen molar-refractivity contribution in [1.82, 2.24) is 4.98 Å². The molecule has 1 aliphatic rings. The Kier molecular flexibility index (Phi) is 2.88. The molecule has 1 aromatic rings. The minimum absolute atomic E-state index is 0.145. The Morgan fingerprint density at radius 1 is 1.69 bits per heavy atom. The van der Waals surface area contributed by atoms with E-state index < -0.39 is 5.97 Å². The van der Waals surface area contributed by atoms with E-state index >= 15 is 0 Å². The first kappa shape index (κ1) is 11.4. The number of ether oxygens (including phenoxy) is 1. The first-order chi connectivity index (χ1) is 7.50. The molecule has 1 aromatic heterocycles. The fourth-order valence-corrected chi connectivity index (χ4v) is 1.64. The van der Waals surface area contributed by atoms with Crippen LogP contribution in [0, 0.1) is 5.41 Å². The van der Waals surface area contributed by atoms with Gasteiger partial charge in [0.2, 0.25) is 0 Å². The van der Waals surface area contributed by atoms with Crippen molar-refractivity contribution in [2.24, 2.45) is 5.41 Å². The second kappa shape index (κ2) is 4.05. The lowest BCUT2D eigenvalue weighted by Crippen LogP contribution is -2.11. The highest BCUT2D eigenvalue weighted by Gasteiger charge is 2.38. The van der Waals surface area contributed by atoms with Crippen molar-refractivity contribution in [3.63, 3.8) is 0 Å². The number of aromatic carboxylic acids is 1. The van der Waals surface area contributed by atoms with E-state index in [2.05, 4.69) is 27.8 Å². The molecule has 0 unspecified atom stereocenters. The highest BCUT2D eigenvalue weighted by molar-refractivity contribution is 9.10. The monoisotopic (exact) mass is 285 g/mol. The number of rotatable bonds is 4. The lowest BCUT2D eigenvalue weighted by molar-refractivity contribution is 0.0690. The molecule has 86 valence electrons. The Morgan fingerprint density at radius 2 is 2.38 bits per heavy atom. The summed E-state index contributed by atoms with van der Waals surface area (Å²) >= 11 is 3.14. The average Bonchev–Trinajstić information content (AvgIpc) is 2.95. The Balaban J connectivity index is 2.15. The van der Waals surface area contributed by atoms with Crippen LogP contribution in [0.3, 0.4) is 0 Å². The van der Waals surface area contributed by atoms with Gasteiger partial charge < -0.3 is 9.84 Å². The van der Waals surface area contributed by atoms with E-state index in [1.165, 1.54) is 12.3 Å². The van der Waals surface area contributed by atoms with Gasteiger partial charge in [-0.05, 0) is 34.8 Å². The van der Waals surface area contributed by atoms with E-state index in [0.717, 1.165) is 12.8 Å². The number of carboxylic acid groups (broad SMARTS) is 1. The molecule has 2 rings (SSSR count). The number of hydrogen-bond donors (Lipinski definition) is 1. The lowest BCUT2D eigenvalue weighted by Gasteiger charge is -2.12. The normalized spacial score (nSPS) is 16.9. The molecule has 0 aliphatic heterocycles. The summed E-state index contributed by atoms with van der Waals surface area (Å²) in [5, 5.41) is 9.01. The van der Waals surface area contributed by atoms with Gasteiger partial charge in [0.05, 0.1) is 12.8 Å². The molecule has 0 radical (unpaired) electrons. The summed E-state index contributed by atoms with van der Waals surface area (Å²) in [5.74, 6) is -0.664. The molecule has 16 heavy (non-hydrogen) atoms. The highest BCUT2D eigenvalue weighted by Crippen LogP contribution is 2.45. The van der Waals surface area contributed by atoms with Crippen LogP contribution in [0.25, 0.3) is 0 Å². The third kappa shape index (κ3) is 2.52. The van der Waals surface area contributed by atoms with Crippen LogP contribution in [0.2, 0.25) is 0 Å². The molecule has 1 N–H and O–H groups in total. The fraction of sp³-hybridized carbons (Fsp3) is 0.455. The maximum Gasteiger partial charge on any atom is 0.339 e. The number of aromatic nitrogens is 1. The Hall–Kier alpha value is -1.10. The SMILES string of the molecule is CC1(COc2cnc(Br)cc2C(=O)O)CC1. The standard InChI is InChI=1S/C11H12BrNO3/c1-11(2-3-11)6-16-8-5-13-9(12)4-7(8)10(14)15/h4-5H,2-3,6H2,1H3,(H,14,15). The van der Waals surface area contributed by atoms with E-state index in [0.29, 0.717) is 17.0 Å². The van der Waals surface area contributed by atoms with Crippen molar-refractivity contribution < 1.29 is 14.6 Å². The Morgan fingerprint density at radius 3 is 2.94 bits per heavy atom. The third-order valence-electron chi connectivity index (χ3n) is 2.74. The molecule has 1 saturated carbocycles. The van der Waals surface area contributed by atoms with Gasteiger partial charge in [0, 0.05) is 5.41 Å². The topological polar surface area (TPSA) is 59.4 Å². The minimum atomic E-state index is -1.00. The Bertz CT molecular complexity index is 429. The summed E-state index contributed by atoms with van der Waals surface area (Å²) in [4.78, 5) is 15.0. The zero-order valence-electron chi connectivity index (χ0n) is 8.86. The van der Waals surface area contributed by atoms with E-state index in [1.54, 1.807) is 0 Å². The molecule has 0 spiro atoms. The molecule has 1 fully saturated rings. The van der Waals surface area contributed by atoms with E-state index in [4.69, 9.17) is 9.84 Å². The van der Waals surface area contributed by atoms with Crippen molar-refractivity contribution in [2.75, 3.05) is 6.61 Å². The molecule has 0 amide bonds. The molecular weight excluding hydrogens is 274 g/mol. The van der Waals surface area contributed by atoms with Gasteiger partial charge in [-0.2, -0.15) is 0 Å². The summed E-state index contributed by atoms with van der Waals surface area (Å²) in [6, 6.07) is 1.45. The molecule has 0 atom stereocenters. The van der Waals surface area contributed by atoms with Crippen LogP contribution < -0.4 is 4.74 Å². The van der Waals surface area contributed by atoms with Gasteiger partial charge in [-0.15, -0.1) is 0 Å². The van der Waals surface area contributed by atoms with Gasteiger partial charge in [0.25, 0.3) is 0 Å². The van der Waals surface area contributed by atoms with Crippen LogP contribution in [-0.2, 0) is 0 Å². The highest BCUT2D eigenvalue weighted by atomic mass is 79.9. The third-order valence-corrected chi connectivity index (χ3v) is 3.18. The van der Waals surface area contributed by atoms with E-state index in [9.17, 15) is 4.79 Å². The summed E-state index contributed by atoms with van der Waals surface area (Å²) in [6.07, 6.45) is 3.72. The van der Waals surface area contributed by atoms with Gasteiger partial charge in [-0.25, -0.2) is 9.78 Å². The maximum atomic E-state index is 11.0. The molecule has 0 aromatic carbocycles. The largest absolute Gasteiger partial charge is 0.490 e. The molecule has 1 heterocycles. The smallest absolute Gasteiger partial charge is 0.339 e. The zero-order chi connectivity index (χ0) is 11.8. The summed E-state index contributed by atoms with van der Waals surface area (Å²) in [7, 11) is 0. The van der Waals surface area contributed by atoms with Gasteiger partial charge in [0.15, 0.2) is 5.75 Å². The van der Waals surface area contributed by atoms with Crippen molar-refractivity contribution in [3.05, 3.63) is 22.4 Å². The summed E-state index contributed by atoms with van der Waals surface area (Å²) in [5.41, 5.74) is 0.370. The molecule has 0 saturated heterocycles. The molecular formula is C11H12BrNO3. The zero-order valence-corrected chi connectivity index (χ0v) is 10.5. The minimum Gasteiger partial charge on any atom is -0.490 e. The molecule has 4 nitrogen and oxygen atoms in total. The lowest BCUT2D eigenvalue weighted by atomic mass is 10.2. The van der Waals surface area contributed by atoms with Crippen molar-refractivity contribution in [3.8, 4) is 5.75 Å². The van der Waals surface area contributed by atoms with Crippen LogP contribution in [0.15, 0.2) is 16.9 Å². The van der Waals surface area contributed by atoms with Crippen LogP contribution in [-0.4, -0.2) is 22.7 Å². The van der Waals surface area contributed by atoms with Crippen LogP contribution in [0.4, 0.5) is 0 Å². The van der Waals surface area contributed by atoms with E-state index in [1.807, 2.05) is 0 Å². The average molecular weight is 286 g/mol. The molecule has 1 aliphatic carbocycles. The predicted molar refractivity (Wildman–Crippen MR) is 61.7 cm³/mol. The van der Waals surface area contributed by atoms with Gasteiger partial charge in [-0.1, -0.05) is 6.92 Å². The first-order valence-electron chi connectivity index (χ1n) is 5.02. The van der Waals surface area contributed by atoms with Crippen molar-refractivity contribution >= 4 is 21.9 Å². The van der Waals surface area contributed by atoms with Crippen LogP contribution in [0.5, 0.6) is 5.75 Å². The number of nitrogens with zero attached hydrogens (tertiary/aromatic N) is 1. The van der Waals surface area contributed by atoms with Crippen molar-refractivity contribution in [1.29, 1.82) is 0 Å².